The monoisotopic (exact) mass is 361 g/mol. The van der Waals surface area contributed by atoms with Gasteiger partial charge in [-0.05, 0) is 29.8 Å². The van der Waals surface area contributed by atoms with Crippen LogP contribution in [-0.2, 0) is 4.79 Å². The van der Waals surface area contributed by atoms with Crippen molar-refractivity contribution >= 4 is 46.2 Å². The summed E-state index contributed by atoms with van der Waals surface area (Å²) in [6.45, 7) is 0. The van der Waals surface area contributed by atoms with E-state index in [1.54, 1.807) is 12.1 Å². The third-order valence-corrected chi connectivity index (χ3v) is 3.80. The van der Waals surface area contributed by atoms with Crippen molar-refractivity contribution in [3.05, 3.63) is 66.7 Å². The van der Waals surface area contributed by atoms with E-state index in [0.717, 1.165) is 12.1 Å². The molecule has 3 rings (SSSR count). The van der Waals surface area contributed by atoms with Gasteiger partial charge in [0.25, 0.3) is 11.7 Å². The molecule has 0 saturated carbocycles. The Morgan fingerprint density at radius 3 is 2.24 bits per heavy atom. The lowest BCUT2D eigenvalue weighted by atomic mass is 10.0. The van der Waals surface area contributed by atoms with Gasteiger partial charge in [-0.25, -0.2) is 0 Å². The molecular formula is C15H8ClN3O6. The van der Waals surface area contributed by atoms with E-state index in [4.69, 9.17) is 11.6 Å². The number of hydrogen-bond acceptors (Lipinski definition) is 6. The van der Waals surface area contributed by atoms with E-state index in [9.17, 15) is 30.1 Å². The van der Waals surface area contributed by atoms with E-state index in [-0.39, 0.29) is 11.1 Å². The average molecular weight is 362 g/mol. The van der Waals surface area contributed by atoms with E-state index in [0.29, 0.717) is 16.3 Å². The smallest absolute Gasteiger partial charge is 0.318 e. The maximum atomic E-state index is 12.1. The first-order chi connectivity index (χ1) is 11.8. The van der Waals surface area contributed by atoms with Crippen molar-refractivity contribution < 1.29 is 19.7 Å². The predicted octanol–water partition coefficient (Wildman–Crippen LogP) is 3.35. The Balaban J connectivity index is 2.20. The highest BCUT2D eigenvalue weighted by Gasteiger charge is 2.28. The van der Waals surface area contributed by atoms with Gasteiger partial charge in [0.15, 0.2) is 0 Å². The molecule has 126 valence electrons. The summed E-state index contributed by atoms with van der Waals surface area (Å²) in [6.07, 6.45) is 1.26. The standard InChI is InChI=1S/C15H8ClN3O6/c16-8-1-2-11-9(6-8)10(15(21)17-11)3-7-4-12(18(22)23)14(20)13(5-7)19(24)25/h1-6,20H,(H,17,21)/b10-3-. The number of rotatable bonds is 3. The van der Waals surface area contributed by atoms with E-state index >= 15 is 0 Å². The molecular weight excluding hydrogens is 354 g/mol. The summed E-state index contributed by atoms with van der Waals surface area (Å²) in [6, 6.07) is 6.61. The Morgan fingerprint density at radius 1 is 1.08 bits per heavy atom. The maximum Gasteiger partial charge on any atom is 0.318 e. The lowest BCUT2D eigenvalue weighted by molar-refractivity contribution is -0.396. The number of nitrogens with one attached hydrogen (secondary N) is 1. The van der Waals surface area contributed by atoms with Crippen LogP contribution in [0.2, 0.25) is 5.02 Å². The van der Waals surface area contributed by atoms with Gasteiger partial charge in [0.05, 0.1) is 9.85 Å². The number of carbonyl (C=O) groups excluding carboxylic acids is 1. The molecule has 0 saturated heterocycles. The van der Waals surface area contributed by atoms with E-state index < -0.39 is 32.9 Å². The van der Waals surface area contributed by atoms with Crippen LogP contribution in [0.1, 0.15) is 11.1 Å². The van der Waals surface area contributed by atoms with Crippen LogP contribution in [0.25, 0.3) is 11.6 Å². The van der Waals surface area contributed by atoms with Crippen LogP contribution in [0.15, 0.2) is 30.3 Å². The number of amides is 1. The number of aromatic hydroxyl groups is 1. The number of hydrogen-bond donors (Lipinski definition) is 2. The molecule has 25 heavy (non-hydrogen) atoms. The quantitative estimate of drug-likeness (QED) is 0.488. The minimum Gasteiger partial charge on any atom is -0.497 e. The number of carbonyl (C=O) groups is 1. The molecule has 2 aromatic carbocycles. The number of nitrogens with zero attached hydrogens (tertiary/aromatic N) is 2. The zero-order valence-electron chi connectivity index (χ0n) is 12.2. The molecule has 1 heterocycles. The molecule has 0 spiro atoms. The van der Waals surface area contributed by atoms with Crippen molar-refractivity contribution in [2.24, 2.45) is 0 Å². The molecule has 0 atom stereocenters. The highest BCUT2D eigenvalue weighted by molar-refractivity contribution is 6.36. The van der Waals surface area contributed by atoms with Gasteiger partial charge in [0, 0.05) is 34.0 Å². The molecule has 2 N–H and O–H groups in total. The van der Waals surface area contributed by atoms with Crippen molar-refractivity contribution in [2.45, 2.75) is 0 Å². The number of fused-ring (bicyclic) bond motifs is 1. The fourth-order valence-corrected chi connectivity index (χ4v) is 2.63. The van der Waals surface area contributed by atoms with Crippen molar-refractivity contribution in [3.63, 3.8) is 0 Å². The van der Waals surface area contributed by atoms with Gasteiger partial charge in [-0.2, -0.15) is 0 Å². The first-order valence-electron chi connectivity index (χ1n) is 6.76. The Bertz CT molecular complexity index is 950. The van der Waals surface area contributed by atoms with Crippen LogP contribution in [0, 0.1) is 20.2 Å². The number of phenolic OH excluding ortho intramolecular Hbond substituents is 1. The Morgan fingerprint density at radius 2 is 1.68 bits per heavy atom. The summed E-state index contributed by atoms with van der Waals surface area (Å²) in [7, 11) is 0. The van der Waals surface area contributed by atoms with Gasteiger partial charge in [0.1, 0.15) is 0 Å². The second-order valence-electron chi connectivity index (χ2n) is 5.12. The Labute approximate surface area is 144 Å². The van der Waals surface area contributed by atoms with Gasteiger partial charge >= 0.3 is 11.4 Å². The topological polar surface area (TPSA) is 136 Å². The van der Waals surface area contributed by atoms with Crippen LogP contribution in [0.5, 0.6) is 5.75 Å². The van der Waals surface area contributed by atoms with Crippen molar-refractivity contribution in [1.82, 2.24) is 0 Å². The van der Waals surface area contributed by atoms with Crippen molar-refractivity contribution in [1.29, 1.82) is 0 Å². The highest BCUT2D eigenvalue weighted by atomic mass is 35.5. The summed E-state index contributed by atoms with van der Waals surface area (Å²) in [4.78, 5) is 32.2. The average Bonchev–Trinajstić information content (AvgIpc) is 2.83. The number of phenols is 1. The molecule has 0 bridgehead atoms. The van der Waals surface area contributed by atoms with E-state index in [1.807, 2.05) is 0 Å². The number of anilines is 1. The number of benzene rings is 2. The van der Waals surface area contributed by atoms with Gasteiger partial charge in [-0.1, -0.05) is 11.6 Å². The minimum atomic E-state index is -1.04. The second kappa shape index (κ2) is 5.87. The van der Waals surface area contributed by atoms with Gasteiger partial charge in [-0.3, -0.25) is 25.0 Å². The van der Waals surface area contributed by atoms with Gasteiger partial charge in [-0.15, -0.1) is 0 Å². The van der Waals surface area contributed by atoms with E-state index in [2.05, 4.69) is 5.32 Å². The molecule has 1 aliphatic rings. The molecule has 0 aliphatic carbocycles. The molecule has 2 aromatic rings. The maximum absolute atomic E-state index is 12.1. The van der Waals surface area contributed by atoms with Crippen LogP contribution in [0.3, 0.4) is 0 Å². The largest absolute Gasteiger partial charge is 0.497 e. The molecule has 1 aliphatic heterocycles. The zero-order chi connectivity index (χ0) is 18.3. The third kappa shape index (κ3) is 2.88. The fourth-order valence-electron chi connectivity index (χ4n) is 2.46. The van der Waals surface area contributed by atoms with Crippen molar-refractivity contribution in [2.75, 3.05) is 5.32 Å². The second-order valence-corrected chi connectivity index (χ2v) is 5.56. The zero-order valence-corrected chi connectivity index (χ0v) is 13.0. The molecule has 0 aromatic heterocycles. The highest BCUT2D eigenvalue weighted by Crippen LogP contribution is 2.39. The molecule has 0 radical (unpaired) electrons. The summed E-state index contributed by atoms with van der Waals surface area (Å²) in [5.41, 5.74) is -0.517. The summed E-state index contributed by atoms with van der Waals surface area (Å²) in [5.74, 6) is -1.52. The Kier molecular flexibility index (Phi) is 3.85. The van der Waals surface area contributed by atoms with Crippen LogP contribution in [-0.4, -0.2) is 20.9 Å². The predicted molar refractivity (Wildman–Crippen MR) is 89.4 cm³/mol. The molecule has 0 unspecified atom stereocenters. The Hall–Kier alpha value is -3.46. The lowest BCUT2D eigenvalue weighted by Gasteiger charge is -2.02. The number of nitro benzene ring substituents is 2. The summed E-state index contributed by atoms with van der Waals surface area (Å²) >= 11 is 5.92. The first kappa shape index (κ1) is 16.4. The van der Waals surface area contributed by atoms with Crippen LogP contribution >= 0.6 is 11.6 Å². The molecule has 10 heteroatoms. The number of halogens is 1. The normalized spacial score (nSPS) is 14.3. The SMILES string of the molecule is O=C1Nc2ccc(Cl)cc2/C1=C/c1cc([N+](=O)[O-])c(O)c([N+](=O)[O-])c1. The molecule has 9 nitrogen and oxygen atoms in total. The summed E-state index contributed by atoms with van der Waals surface area (Å²) in [5, 5.41) is 34.6. The third-order valence-electron chi connectivity index (χ3n) is 3.56. The van der Waals surface area contributed by atoms with E-state index in [1.165, 1.54) is 12.1 Å². The molecule has 1 amide bonds. The molecule has 0 fully saturated rings. The van der Waals surface area contributed by atoms with Crippen LogP contribution < -0.4 is 5.32 Å². The van der Waals surface area contributed by atoms with Gasteiger partial charge in [0.2, 0.25) is 0 Å². The fraction of sp³-hybridized carbons (Fsp3) is 0. The lowest BCUT2D eigenvalue weighted by Crippen LogP contribution is -2.03. The number of nitro groups is 2. The van der Waals surface area contributed by atoms with Crippen LogP contribution in [0.4, 0.5) is 17.1 Å². The van der Waals surface area contributed by atoms with Crippen molar-refractivity contribution in [3.8, 4) is 5.75 Å². The first-order valence-corrected chi connectivity index (χ1v) is 7.14. The minimum absolute atomic E-state index is 0.0224. The van der Waals surface area contributed by atoms with Gasteiger partial charge < -0.3 is 10.4 Å². The summed E-state index contributed by atoms with van der Waals surface area (Å²) < 4.78 is 0.